The lowest BCUT2D eigenvalue weighted by molar-refractivity contribution is -0.164. The Bertz CT molecular complexity index is 664. The fraction of sp³-hybridized carbons (Fsp3) is 0.429. The zero-order valence-electron chi connectivity index (χ0n) is 14.7. The molecule has 4 heteroatoms. The van der Waals surface area contributed by atoms with Gasteiger partial charge in [0.1, 0.15) is 12.2 Å². The Hall–Kier alpha value is -1.72. The third-order valence-corrected chi connectivity index (χ3v) is 5.17. The Balaban J connectivity index is 1.71. The van der Waals surface area contributed by atoms with E-state index in [0.717, 1.165) is 6.54 Å². The van der Waals surface area contributed by atoms with E-state index in [2.05, 4.69) is 53.4 Å². The highest BCUT2D eigenvalue weighted by Gasteiger charge is 2.53. The summed E-state index contributed by atoms with van der Waals surface area (Å²) in [6.45, 7) is 4.68. The molecule has 2 aromatic carbocycles. The van der Waals surface area contributed by atoms with E-state index in [-0.39, 0.29) is 30.9 Å². The van der Waals surface area contributed by atoms with E-state index in [4.69, 9.17) is 9.47 Å². The molecule has 0 saturated carbocycles. The fourth-order valence-corrected chi connectivity index (χ4v) is 4.21. The summed E-state index contributed by atoms with van der Waals surface area (Å²) in [6, 6.07) is 20.9. The van der Waals surface area contributed by atoms with Crippen LogP contribution in [0.5, 0.6) is 0 Å². The first-order valence-electron chi connectivity index (χ1n) is 8.91. The van der Waals surface area contributed by atoms with Gasteiger partial charge in [-0.15, -0.1) is 0 Å². The quantitative estimate of drug-likeness (QED) is 0.930. The van der Waals surface area contributed by atoms with Crippen molar-refractivity contribution >= 4 is 0 Å². The first-order valence-corrected chi connectivity index (χ1v) is 8.91. The van der Waals surface area contributed by atoms with Crippen molar-refractivity contribution in [3.05, 3.63) is 71.8 Å². The number of fused-ring (bicyclic) bond motifs is 1. The van der Waals surface area contributed by atoms with Gasteiger partial charge in [-0.3, -0.25) is 4.90 Å². The molecule has 2 saturated heterocycles. The van der Waals surface area contributed by atoms with E-state index < -0.39 is 5.79 Å². The molecule has 0 radical (unpaired) electrons. The number of aliphatic hydroxyl groups is 1. The Morgan fingerprint density at radius 1 is 1.00 bits per heavy atom. The molecule has 25 heavy (non-hydrogen) atoms. The van der Waals surface area contributed by atoms with Crippen molar-refractivity contribution < 1.29 is 14.6 Å². The minimum Gasteiger partial charge on any atom is -0.395 e. The summed E-state index contributed by atoms with van der Waals surface area (Å²) >= 11 is 0. The van der Waals surface area contributed by atoms with Crippen LogP contribution in [0.25, 0.3) is 0 Å². The highest BCUT2D eigenvalue weighted by Crippen LogP contribution is 2.42. The summed E-state index contributed by atoms with van der Waals surface area (Å²) in [6.07, 6.45) is -0.114. The predicted octanol–water partition coefficient (Wildman–Crippen LogP) is 2.97. The average molecular weight is 339 g/mol. The van der Waals surface area contributed by atoms with Gasteiger partial charge in [-0.1, -0.05) is 60.7 Å². The van der Waals surface area contributed by atoms with Crippen molar-refractivity contribution in [2.24, 2.45) is 0 Å². The molecule has 0 amide bonds. The van der Waals surface area contributed by atoms with Gasteiger partial charge in [-0.25, -0.2) is 0 Å². The zero-order chi connectivity index (χ0) is 17.4. The zero-order valence-corrected chi connectivity index (χ0v) is 14.7. The molecule has 132 valence electrons. The van der Waals surface area contributed by atoms with Crippen LogP contribution in [0.2, 0.25) is 0 Å². The molecule has 0 aliphatic carbocycles. The molecule has 0 spiro atoms. The van der Waals surface area contributed by atoms with Crippen LogP contribution in [0, 0.1) is 0 Å². The van der Waals surface area contributed by atoms with E-state index in [9.17, 15) is 5.11 Å². The maximum atomic E-state index is 10.1. The molecule has 2 heterocycles. The maximum Gasteiger partial charge on any atom is 0.163 e. The van der Waals surface area contributed by atoms with Crippen LogP contribution in [0.15, 0.2) is 60.7 Å². The van der Waals surface area contributed by atoms with Gasteiger partial charge in [-0.2, -0.15) is 0 Å². The number of aliphatic hydroxyl groups excluding tert-OH is 1. The van der Waals surface area contributed by atoms with E-state index in [1.165, 1.54) is 11.1 Å². The minimum absolute atomic E-state index is 0.0120. The number of hydrogen-bond acceptors (Lipinski definition) is 4. The number of hydrogen-bond donors (Lipinski definition) is 1. The van der Waals surface area contributed by atoms with Crippen LogP contribution in [0.1, 0.15) is 31.0 Å². The summed E-state index contributed by atoms with van der Waals surface area (Å²) in [5, 5.41) is 10.1. The van der Waals surface area contributed by atoms with Crippen LogP contribution in [0.4, 0.5) is 0 Å². The Morgan fingerprint density at radius 3 is 2.08 bits per heavy atom. The SMILES string of the molecule is CC1(C)O[C@H]2[C@@H](CO)N(C(c3ccccc3)c3ccccc3)C[C@H]2O1. The van der Waals surface area contributed by atoms with Gasteiger partial charge >= 0.3 is 0 Å². The lowest BCUT2D eigenvalue weighted by Crippen LogP contribution is -2.43. The van der Waals surface area contributed by atoms with E-state index in [1.54, 1.807) is 0 Å². The lowest BCUT2D eigenvalue weighted by atomic mass is 9.96. The standard InChI is InChI=1S/C21H25NO3/c1-21(2)24-18-13-22(17(14-23)20(18)25-21)19(15-9-5-3-6-10-15)16-11-7-4-8-12-16/h3-12,17-20,23H,13-14H2,1-2H3/t17-,18-,20+/m1/s1. The summed E-state index contributed by atoms with van der Waals surface area (Å²) in [5.74, 6) is -0.580. The van der Waals surface area contributed by atoms with Gasteiger partial charge in [0, 0.05) is 6.54 Å². The first-order chi connectivity index (χ1) is 12.1. The Labute approximate surface area is 149 Å². The molecule has 4 nitrogen and oxygen atoms in total. The van der Waals surface area contributed by atoms with Gasteiger partial charge in [0.25, 0.3) is 0 Å². The van der Waals surface area contributed by atoms with Crippen molar-refractivity contribution in [1.29, 1.82) is 0 Å². The third kappa shape index (κ3) is 3.11. The number of ether oxygens (including phenoxy) is 2. The molecule has 2 aliphatic heterocycles. The molecule has 0 bridgehead atoms. The third-order valence-electron chi connectivity index (χ3n) is 5.17. The molecule has 3 atom stereocenters. The first kappa shape index (κ1) is 16.7. The number of nitrogens with zero attached hydrogens (tertiary/aromatic N) is 1. The Morgan fingerprint density at radius 2 is 1.56 bits per heavy atom. The van der Waals surface area contributed by atoms with Crippen molar-refractivity contribution in [2.45, 2.75) is 43.9 Å². The van der Waals surface area contributed by atoms with Gasteiger partial charge in [0.2, 0.25) is 0 Å². The van der Waals surface area contributed by atoms with E-state index in [1.807, 2.05) is 26.0 Å². The fourth-order valence-electron chi connectivity index (χ4n) is 4.21. The smallest absolute Gasteiger partial charge is 0.163 e. The second kappa shape index (κ2) is 6.54. The molecular weight excluding hydrogens is 314 g/mol. The predicted molar refractivity (Wildman–Crippen MR) is 96.1 cm³/mol. The summed E-state index contributed by atoms with van der Waals surface area (Å²) in [7, 11) is 0. The molecule has 0 unspecified atom stereocenters. The average Bonchev–Trinajstić information content (AvgIpc) is 3.08. The second-order valence-corrected chi connectivity index (χ2v) is 7.31. The van der Waals surface area contributed by atoms with Gasteiger partial charge in [0.05, 0.1) is 18.7 Å². The van der Waals surface area contributed by atoms with Crippen molar-refractivity contribution in [2.75, 3.05) is 13.2 Å². The van der Waals surface area contributed by atoms with Gasteiger partial charge in [0.15, 0.2) is 5.79 Å². The summed E-state index contributed by atoms with van der Waals surface area (Å²) in [5.41, 5.74) is 2.43. The monoisotopic (exact) mass is 339 g/mol. The van der Waals surface area contributed by atoms with Crippen LogP contribution < -0.4 is 0 Å². The lowest BCUT2D eigenvalue weighted by Gasteiger charge is -2.35. The molecule has 2 aromatic rings. The molecule has 0 aromatic heterocycles. The van der Waals surface area contributed by atoms with E-state index >= 15 is 0 Å². The summed E-state index contributed by atoms with van der Waals surface area (Å²) < 4.78 is 12.2. The molecule has 1 N–H and O–H groups in total. The van der Waals surface area contributed by atoms with Crippen LogP contribution in [0.3, 0.4) is 0 Å². The van der Waals surface area contributed by atoms with Gasteiger partial charge < -0.3 is 14.6 Å². The minimum atomic E-state index is -0.580. The van der Waals surface area contributed by atoms with Gasteiger partial charge in [-0.05, 0) is 25.0 Å². The molecular formula is C21H25NO3. The summed E-state index contributed by atoms with van der Waals surface area (Å²) in [4.78, 5) is 2.33. The van der Waals surface area contributed by atoms with Crippen LogP contribution >= 0.6 is 0 Å². The highest BCUT2D eigenvalue weighted by atomic mass is 16.8. The largest absolute Gasteiger partial charge is 0.395 e. The number of benzene rings is 2. The topological polar surface area (TPSA) is 41.9 Å². The van der Waals surface area contributed by atoms with E-state index in [0.29, 0.717) is 0 Å². The second-order valence-electron chi connectivity index (χ2n) is 7.31. The normalized spacial score (nSPS) is 28.4. The molecule has 2 aliphatic rings. The Kier molecular flexibility index (Phi) is 4.38. The molecule has 4 rings (SSSR count). The van der Waals surface area contributed by atoms with Crippen molar-refractivity contribution in [3.8, 4) is 0 Å². The van der Waals surface area contributed by atoms with Crippen LogP contribution in [-0.2, 0) is 9.47 Å². The maximum absolute atomic E-state index is 10.1. The number of likely N-dealkylation sites (tertiary alicyclic amines) is 1. The van der Waals surface area contributed by atoms with Crippen molar-refractivity contribution in [3.63, 3.8) is 0 Å². The van der Waals surface area contributed by atoms with Crippen LogP contribution in [-0.4, -0.2) is 47.2 Å². The molecule has 2 fully saturated rings. The number of rotatable bonds is 4. The highest BCUT2D eigenvalue weighted by molar-refractivity contribution is 5.33. The van der Waals surface area contributed by atoms with Crippen molar-refractivity contribution in [1.82, 2.24) is 4.90 Å².